The van der Waals surface area contributed by atoms with E-state index in [9.17, 15) is 14.7 Å². The molecule has 1 amide bonds. The lowest BCUT2D eigenvalue weighted by molar-refractivity contribution is 0.0933. The molecule has 1 aromatic carbocycles. The molecular weight excluding hydrogens is 338 g/mol. The molecule has 25 heavy (non-hydrogen) atoms. The van der Waals surface area contributed by atoms with Crippen molar-refractivity contribution in [3.8, 4) is 5.88 Å². The number of hydrogen-bond donors (Lipinski definition) is 2. The maximum atomic E-state index is 12.5. The van der Waals surface area contributed by atoms with Crippen molar-refractivity contribution in [2.45, 2.75) is 32.7 Å². The summed E-state index contributed by atoms with van der Waals surface area (Å²) in [4.78, 5) is 29.3. The van der Waals surface area contributed by atoms with Gasteiger partial charge in [-0.2, -0.15) is 4.98 Å². The number of nitrogens with zero attached hydrogens (tertiary/aromatic N) is 2. The molecule has 1 unspecified atom stereocenters. The number of nitrogens with one attached hydrogen (secondary N) is 1. The van der Waals surface area contributed by atoms with Crippen molar-refractivity contribution in [3.63, 3.8) is 0 Å². The molecular formula is C18H19N3O3S. The Bertz CT molecular complexity index is 963. The van der Waals surface area contributed by atoms with E-state index < -0.39 is 17.3 Å². The van der Waals surface area contributed by atoms with E-state index in [1.54, 1.807) is 12.3 Å². The highest BCUT2D eigenvalue weighted by molar-refractivity contribution is 7.15. The lowest BCUT2D eigenvalue weighted by Gasteiger charge is -2.14. The predicted octanol–water partition coefficient (Wildman–Crippen LogP) is 2.52. The fourth-order valence-corrected chi connectivity index (χ4v) is 3.52. The van der Waals surface area contributed by atoms with Gasteiger partial charge in [-0.25, -0.2) is 0 Å². The Kier molecular flexibility index (Phi) is 4.85. The van der Waals surface area contributed by atoms with E-state index in [0.717, 1.165) is 12.8 Å². The smallest absolute Gasteiger partial charge is 0.275 e. The van der Waals surface area contributed by atoms with E-state index in [1.165, 1.54) is 21.3 Å². The lowest BCUT2D eigenvalue weighted by Crippen LogP contribution is -2.37. The van der Waals surface area contributed by atoms with Crippen LogP contribution in [0.3, 0.4) is 0 Å². The van der Waals surface area contributed by atoms with Crippen LogP contribution in [0.1, 0.15) is 35.0 Å². The molecule has 2 N–H and O–H groups in total. The maximum Gasteiger partial charge on any atom is 0.275 e. The van der Waals surface area contributed by atoms with Crippen molar-refractivity contribution in [1.29, 1.82) is 0 Å². The SMILES string of the molecule is Cc1csc2nc(O)c(C(=O)NC(C)CCc3ccccc3)c(=O)n12. The van der Waals surface area contributed by atoms with Crippen LogP contribution in [0.4, 0.5) is 0 Å². The van der Waals surface area contributed by atoms with E-state index >= 15 is 0 Å². The van der Waals surface area contributed by atoms with Gasteiger partial charge in [0.05, 0.1) is 0 Å². The maximum absolute atomic E-state index is 12.5. The molecule has 0 saturated heterocycles. The summed E-state index contributed by atoms with van der Waals surface area (Å²) in [6, 6.07) is 9.83. The van der Waals surface area contributed by atoms with Crippen molar-refractivity contribution in [2.24, 2.45) is 0 Å². The minimum Gasteiger partial charge on any atom is -0.492 e. The van der Waals surface area contributed by atoms with Gasteiger partial charge in [0.2, 0.25) is 5.88 Å². The number of carbonyl (C=O) groups excluding carboxylic acids is 1. The average molecular weight is 357 g/mol. The van der Waals surface area contributed by atoms with Crippen LogP contribution in [-0.4, -0.2) is 26.4 Å². The van der Waals surface area contributed by atoms with Crippen LogP contribution in [0.2, 0.25) is 0 Å². The molecule has 0 saturated carbocycles. The molecule has 3 rings (SSSR count). The number of benzene rings is 1. The zero-order valence-electron chi connectivity index (χ0n) is 14.0. The Morgan fingerprint density at radius 3 is 2.80 bits per heavy atom. The van der Waals surface area contributed by atoms with Gasteiger partial charge in [-0.3, -0.25) is 14.0 Å². The number of fused-ring (bicyclic) bond motifs is 1. The number of amides is 1. The van der Waals surface area contributed by atoms with Gasteiger partial charge in [0.1, 0.15) is 0 Å². The molecule has 2 aromatic heterocycles. The molecule has 2 heterocycles. The summed E-state index contributed by atoms with van der Waals surface area (Å²) in [5.41, 5.74) is 1.01. The molecule has 0 spiro atoms. The van der Waals surface area contributed by atoms with E-state index in [0.29, 0.717) is 10.7 Å². The first-order valence-electron chi connectivity index (χ1n) is 8.02. The molecule has 0 aliphatic heterocycles. The van der Waals surface area contributed by atoms with E-state index in [-0.39, 0.29) is 11.6 Å². The number of hydrogen-bond acceptors (Lipinski definition) is 5. The third-order valence-electron chi connectivity index (χ3n) is 4.03. The van der Waals surface area contributed by atoms with Gasteiger partial charge in [0.15, 0.2) is 10.5 Å². The van der Waals surface area contributed by atoms with E-state index in [4.69, 9.17) is 0 Å². The minimum absolute atomic E-state index is 0.143. The number of carbonyl (C=O) groups is 1. The van der Waals surface area contributed by atoms with Crippen molar-refractivity contribution in [2.75, 3.05) is 0 Å². The molecule has 1 atom stereocenters. The van der Waals surface area contributed by atoms with E-state index in [2.05, 4.69) is 10.3 Å². The van der Waals surface area contributed by atoms with Crippen molar-refractivity contribution in [1.82, 2.24) is 14.7 Å². The Labute approximate surface area is 148 Å². The quantitative estimate of drug-likeness (QED) is 0.735. The van der Waals surface area contributed by atoms with Gasteiger partial charge in [0.25, 0.3) is 11.5 Å². The molecule has 3 aromatic rings. The van der Waals surface area contributed by atoms with Crippen LogP contribution in [-0.2, 0) is 6.42 Å². The van der Waals surface area contributed by atoms with E-state index in [1.807, 2.05) is 37.3 Å². The third kappa shape index (κ3) is 3.56. The fraction of sp³-hybridized carbons (Fsp3) is 0.278. The summed E-state index contributed by atoms with van der Waals surface area (Å²) in [7, 11) is 0. The summed E-state index contributed by atoms with van der Waals surface area (Å²) in [5, 5.41) is 14.5. The van der Waals surface area contributed by atoms with Crippen LogP contribution < -0.4 is 10.9 Å². The van der Waals surface area contributed by atoms with Crippen LogP contribution in [0.5, 0.6) is 5.88 Å². The number of aryl methyl sites for hydroxylation is 2. The number of thiazole rings is 1. The van der Waals surface area contributed by atoms with Gasteiger partial charge in [-0.05, 0) is 32.3 Å². The Morgan fingerprint density at radius 2 is 2.08 bits per heavy atom. The first-order valence-corrected chi connectivity index (χ1v) is 8.90. The van der Waals surface area contributed by atoms with Gasteiger partial charge in [0, 0.05) is 17.1 Å². The van der Waals surface area contributed by atoms with Crippen LogP contribution in [0.15, 0.2) is 40.5 Å². The Morgan fingerprint density at radius 1 is 1.36 bits per heavy atom. The summed E-state index contributed by atoms with van der Waals surface area (Å²) < 4.78 is 1.34. The van der Waals surface area contributed by atoms with Gasteiger partial charge < -0.3 is 10.4 Å². The highest BCUT2D eigenvalue weighted by Crippen LogP contribution is 2.17. The molecule has 0 radical (unpaired) electrons. The Hall–Kier alpha value is -2.67. The third-order valence-corrected chi connectivity index (χ3v) is 4.98. The van der Waals surface area contributed by atoms with Gasteiger partial charge >= 0.3 is 0 Å². The highest BCUT2D eigenvalue weighted by atomic mass is 32.1. The normalized spacial score (nSPS) is 12.2. The average Bonchev–Trinajstić information content (AvgIpc) is 2.95. The summed E-state index contributed by atoms with van der Waals surface area (Å²) in [5.74, 6) is -1.13. The Balaban J connectivity index is 1.76. The summed E-state index contributed by atoms with van der Waals surface area (Å²) in [6.45, 7) is 3.63. The highest BCUT2D eigenvalue weighted by Gasteiger charge is 2.22. The summed E-state index contributed by atoms with van der Waals surface area (Å²) in [6.07, 6.45) is 1.54. The molecule has 7 heteroatoms. The van der Waals surface area contributed by atoms with Gasteiger partial charge in [-0.15, -0.1) is 11.3 Å². The molecule has 6 nitrogen and oxygen atoms in total. The second kappa shape index (κ2) is 7.06. The molecule has 0 fully saturated rings. The largest absolute Gasteiger partial charge is 0.492 e. The molecule has 0 aliphatic rings. The predicted molar refractivity (Wildman–Crippen MR) is 97.4 cm³/mol. The standard InChI is InChI=1S/C18H19N3O3S/c1-11(8-9-13-6-4-3-5-7-13)19-15(22)14-16(23)20-18-21(17(14)24)12(2)10-25-18/h3-7,10-11,23H,8-9H2,1-2H3,(H,19,22). The number of rotatable bonds is 5. The second-order valence-corrected chi connectivity index (χ2v) is 6.85. The first-order chi connectivity index (χ1) is 12.0. The second-order valence-electron chi connectivity index (χ2n) is 6.01. The summed E-state index contributed by atoms with van der Waals surface area (Å²) >= 11 is 1.24. The van der Waals surface area contributed by atoms with Crippen molar-refractivity contribution in [3.05, 3.63) is 62.9 Å². The molecule has 130 valence electrons. The lowest BCUT2D eigenvalue weighted by atomic mass is 10.1. The van der Waals surface area contributed by atoms with Crippen LogP contribution in [0, 0.1) is 6.92 Å². The molecule has 0 bridgehead atoms. The van der Waals surface area contributed by atoms with Crippen molar-refractivity contribution >= 4 is 22.2 Å². The van der Waals surface area contributed by atoms with Gasteiger partial charge in [-0.1, -0.05) is 30.3 Å². The van der Waals surface area contributed by atoms with Crippen LogP contribution in [0.25, 0.3) is 4.96 Å². The van der Waals surface area contributed by atoms with Crippen molar-refractivity contribution < 1.29 is 9.90 Å². The topological polar surface area (TPSA) is 83.7 Å². The zero-order valence-corrected chi connectivity index (χ0v) is 14.8. The monoisotopic (exact) mass is 357 g/mol. The number of aromatic hydroxyl groups is 1. The fourth-order valence-electron chi connectivity index (χ4n) is 2.67. The minimum atomic E-state index is -0.601. The van der Waals surface area contributed by atoms with Crippen LogP contribution >= 0.6 is 11.3 Å². The first kappa shape index (κ1) is 17.2. The zero-order chi connectivity index (χ0) is 18.0. The number of aromatic nitrogens is 2. The molecule has 0 aliphatic carbocycles.